The van der Waals surface area contributed by atoms with Crippen LogP contribution in [0, 0.1) is 0 Å². The molecule has 6 heteroatoms. The molecule has 0 radical (unpaired) electrons. The Balaban J connectivity index is 2.10. The van der Waals surface area contributed by atoms with Crippen LogP contribution >= 0.6 is 35.0 Å². The zero-order valence-electron chi connectivity index (χ0n) is 12.8. The smallest absolute Gasteiger partial charge is 0.165 e. The third kappa shape index (κ3) is 3.25. The largest absolute Gasteiger partial charge is 0.310 e. The van der Waals surface area contributed by atoms with Gasteiger partial charge in [0, 0.05) is 28.1 Å². The van der Waals surface area contributed by atoms with Crippen molar-refractivity contribution >= 4 is 35.0 Å². The maximum Gasteiger partial charge on any atom is 0.165 e. The van der Waals surface area contributed by atoms with Crippen LogP contribution in [0.15, 0.2) is 47.4 Å². The zero-order valence-corrected chi connectivity index (χ0v) is 15.1. The van der Waals surface area contributed by atoms with Crippen LogP contribution in [0.25, 0.3) is 22.8 Å². The summed E-state index contributed by atoms with van der Waals surface area (Å²) in [7, 11) is 1.95. The minimum Gasteiger partial charge on any atom is -0.310 e. The molecule has 0 spiro atoms. The standard InChI is InChI=1S/C17H15Cl2N3S/c1-3-23-15-7-5-4-6-13(15)17-21-20-16(22(17)2)12-9-8-11(18)10-14(12)19/h4-10H,3H2,1-2H3. The van der Waals surface area contributed by atoms with Crippen LogP contribution in [0.5, 0.6) is 0 Å². The lowest BCUT2D eigenvalue weighted by atomic mass is 10.2. The third-order valence-corrected chi connectivity index (χ3v) is 4.98. The highest BCUT2D eigenvalue weighted by Crippen LogP contribution is 2.34. The first kappa shape index (κ1) is 16.4. The number of thioether (sulfide) groups is 1. The molecular formula is C17H15Cl2N3S. The van der Waals surface area contributed by atoms with Gasteiger partial charge in [0.05, 0.1) is 5.02 Å². The van der Waals surface area contributed by atoms with Gasteiger partial charge >= 0.3 is 0 Å². The molecule has 0 atom stereocenters. The molecule has 2 aromatic carbocycles. The Labute approximate surface area is 149 Å². The van der Waals surface area contributed by atoms with E-state index in [1.807, 2.05) is 29.8 Å². The van der Waals surface area contributed by atoms with E-state index in [1.165, 1.54) is 4.90 Å². The van der Waals surface area contributed by atoms with Gasteiger partial charge in [-0.1, -0.05) is 48.3 Å². The maximum atomic E-state index is 6.30. The molecule has 0 amide bonds. The van der Waals surface area contributed by atoms with Gasteiger partial charge < -0.3 is 4.57 Å². The second-order valence-electron chi connectivity index (χ2n) is 4.96. The number of hydrogen-bond acceptors (Lipinski definition) is 3. The lowest BCUT2D eigenvalue weighted by molar-refractivity contribution is 0.926. The van der Waals surface area contributed by atoms with Gasteiger partial charge in [-0.05, 0) is 30.0 Å². The topological polar surface area (TPSA) is 30.7 Å². The number of nitrogens with zero attached hydrogens (tertiary/aromatic N) is 3. The summed E-state index contributed by atoms with van der Waals surface area (Å²) in [6.07, 6.45) is 0. The van der Waals surface area contributed by atoms with E-state index in [9.17, 15) is 0 Å². The van der Waals surface area contributed by atoms with Crippen LogP contribution in [0.4, 0.5) is 0 Å². The van der Waals surface area contributed by atoms with Crippen molar-refractivity contribution in [2.75, 3.05) is 5.75 Å². The van der Waals surface area contributed by atoms with Gasteiger partial charge in [0.15, 0.2) is 11.6 Å². The highest BCUT2D eigenvalue weighted by atomic mass is 35.5. The Kier molecular flexibility index (Phi) is 4.95. The van der Waals surface area contributed by atoms with Gasteiger partial charge in [-0.25, -0.2) is 0 Å². The molecule has 0 saturated carbocycles. The van der Waals surface area contributed by atoms with Gasteiger partial charge in [-0.2, -0.15) is 0 Å². The first-order valence-electron chi connectivity index (χ1n) is 7.18. The summed E-state index contributed by atoms with van der Waals surface area (Å²) in [5.74, 6) is 2.55. The van der Waals surface area contributed by atoms with Crippen molar-refractivity contribution in [3.63, 3.8) is 0 Å². The first-order valence-corrected chi connectivity index (χ1v) is 8.93. The highest BCUT2D eigenvalue weighted by Gasteiger charge is 2.17. The summed E-state index contributed by atoms with van der Waals surface area (Å²) < 4.78 is 1.96. The van der Waals surface area contributed by atoms with E-state index in [-0.39, 0.29) is 0 Å². The Bertz CT molecular complexity index is 846. The van der Waals surface area contributed by atoms with Gasteiger partial charge in [0.25, 0.3) is 0 Å². The van der Waals surface area contributed by atoms with Crippen LogP contribution in [0.1, 0.15) is 6.92 Å². The number of benzene rings is 2. The van der Waals surface area contributed by atoms with E-state index in [4.69, 9.17) is 23.2 Å². The van der Waals surface area contributed by atoms with Crippen molar-refractivity contribution in [1.29, 1.82) is 0 Å². The van der Waals surface area contributed by atoms with Crippen molar-refractivity contribution in [3.05, 3.63) is 52.5 Å². The summed E-state index contributed by atoms with van der Waals surface area (Å²) >= 11 is 14.1. The summed E-state index contributed by atoms with van der Waals surface area (Å²) in [6.45, 7) is 2.14. The Morgan fingerprint density at radius 2 is 1.70 bits per heavy atom. The molecule has 3 nitrogen and oxygen atoms in total. The van der Waals surface area contributed by atoms with Gasteiger partial charge in [-0.15, -0.1) is 22.0 Å². The first-order chi connectivity index (χ1) is 11.1. The van der Waals surface area contributed by atoms with Crippen LogP contribution in [-0.2, 0) is 7.05 Å². The molecule has 0 unspecified atom stereocenters. The predicted molar refractivity (Wildman–Crippen MR) is 98.3 cm³/mol. The normalized spacial score (nSPS) is 11.0. The molecule has 3 rings (SSSR count). The predicted octanol–water partition coefficient (Wildman–Crippen LogP) is 5.57. The zero-order chi connectivity index (χ0) is 16.4. The summed E-state index contributed by atoms with van der Waals surface area (Å²) in [4.78, 5) is 1.19. The molecule has 0 N–H and O–H groups in total. The van der Waals surface area contributed by atoms with Crippen LogP contribution in [-0.4, -0.2) is 20.5 Å². The molecule has 0 bridgehead atoms. The SMILES string of the molecule is CCSc1ccccc1-c1nnc(-c2ccc(Cl)cc2Cl)n1C. The second kappa shape index (κ2) is 6.95. The van der Waals surface area contributed by atoms with E-state index >= 15 is 0 Å². The maximum absolute atomic E-state index is 6.30. The number of aromatic nitrogens is 3. The van der Waals surface area contributed by atoms with E-state index in [0.717, 1.165) is 28.5 Å². The lowest BCUT2D eigenvalue weighted by Crippen LogP contribution is -1.97. The average molecular weight is 364 g/mol. The Hall–Kier alpha value is -1.49. The number of rotatable bonds is 4. The van der Waals surface area contributed by atoms with Crippen molar-refractivity contribution < 1.29 is 0 Å². The summed E-state index contributed by atoms with van der Waals surface area (Å²) in [6, 6.07) is 13.6. The summed E-state index contributed by atoms with van der Waals surface area (Å²) in [5.41, 5.74) is 1.89. The molecule has 0 aliphatic heterocycles. The molecule has 0 fully saturated rings. The van der Waals surface area contributed by atoms with Crippen LogP contribution < -0.4 is 0 Å². The van der Waals surface area contributed by atoms with Crippen molar-refractivity contribution in [3.8, 4) is 22.8 Å². The fourth-order valence-electron chi connectivity index (χ4n) is 2.40. The van der Waals surface area contributed by atoms with E-state index in [0.29, 0.717) is 10.0 Å². The molecule has 3 aromatic rings. The van der Waals surface area contributed by atoms with E-state index < -0.39 is 0 Å². The van der Waals surface area contributed by atoms with Gasteiger partial charge in [0.2, 0.25) is 0 Å². The van der Waals surface area contributed by atoms with Crippen molar-refractivity contribution in [2.45, 2.75) is 11.8 Å². The molecule has 118 valence electrons. The molecule has 1 heterocycles. The van der Waals surface area contributed by atoms with Crippen molar-refractivity contribution in [1.82, 2.24) is 14.8 Å². The van der Waals surface area contributed by atoms with Gasteiger partial charge in [0.1, 0.15) is 0 Å². The molecule has 0 aliphatic rings. The highest BCUT2D eigenvalue weighted by molar-refractivity contribution is 7.99. The molecule has 0 saturated heterocycles. The minimum atomic E-state index is 0.566. The minimum absolute atomic E-state index is 0.566. The molecule has 1 aromatic heterocycles. The van der Waals surface area contributed by atoms with Crippen LogP contribution in [0.3, 0.4) is 0 Å². The molecule has 0 aliphatic carbocycles. The van der Waals surface area contributed by atoms with E-state index in [1.54, 1.807) is 23.9 Å². The Morgan fingerprint density at radius 3 is 2.39 bits per heavy atom. The fraction of sp³-hybridized carbons (Fsp3) is 0.176. The fourth-order valence-corrected chi connectivity index (χ4v) is 3.70. The van der Waals surface area contributed by atoms with Crippen molar-refractivity contribution in [2.24, 2.45) is 7.05 Å². The lowest BCUT2D eigenvalue weighted by Gasteiger charge is -2.09. The number of hydrogen-bond donors (Lipinski definition) is 0. The number of halogens is 2. The monoisotopic (exact) mass is 363 g/mol. The summed E-state index contributed by atoms with van der Waals surface area (Å²) in [5, 5.41) is 9.88. The molecule has 23 heavy (non-hydrogen) atoms. The quantitative estimate of drug-likeness (QED) is 0.567. The Morgan fingerprint density at radius 1 is 1.00 bits per heavy atom. The van der Waals surface area contributed by atoms with Gasteiger partial charge in [-0.3, -0.25) is 0 Å². The molecular weight excluding hydrogens is 349 g/mol. The average Bonchev–Trinajstić information content (AvgIpc) is 2.90. The van der Waals surface area contributed by atoms with Crippen LogP contribution in [0.2, 0.25) is 10.0 Å². The van der Waals surface area contributed by atoms with E-state index in [2.05, 4.69) is 29.3 Å². The second-order valence-corrected chi connectivity index (χ2v) is 7.11. The third-order valence-electron chi connectivity index (χ3n) is 3.47.